The molecule has 1 saturated heterocycles. The molecule has 1 aromatic rings. The molecular weight excluding hydrogens is 334 g/mol. The zero-order valence-electron chi connectivity index (χ0n) is 14.4. The van der Waals surface area contributed by atoms with Crippen LogP contribution in [0.15, 0.2) is 18.2 Å². The predicted octanol–water partition coefficient (Wildman–Crippen LogP) is 2.46. The first-order valence-corrected chi connectivity index (χ1v) is 7.76. The summed E-state index contributed by atoms with van der Waals surface area (Å²) in [6.07, 6.45) is 0.954. The summed E-state index contributed by atoms with van der Waals surface area (Å²) in [5.41, 5.74) is 6.13. The van der Waals surface area contributed by atoms with Gasteiger partial charge in [0.25, 0.3) is 0 Å². The molecule has 1 aliphatic rings. The molecule has 8 heteroatoms. The predicted molar refractivity (Wildman–Crippen MR) is 95.2 cm³/mol. The number of piperidine rings is 1. The van der Waals surface area contributed by atoms with Gasteiger partial charge < -0.3 is 15.2 Å². The molecule has 0 bridgehead atoms. The molecule has 0 amide bonds. The summed E-state index contributed by atoms with van der Waals surface area (Å²) < 4.78 is 10.6. The highest BCUT2D eigenvalue weighted by Gasteiger charge is 2.33. The molecule has 1 aliphatic heterocycles. The quantitative estimate of drug-likeness (QED) is 0.619. The van der Waals surface area contributed by atoms with Crippen molar-refractivity contribution in [1.82, 2.24) is 4.90 Å². The molecule has 7 nitrogen and oxygen atoms in total. The van der Waals surface area contributed by atoms with Gasteiger partial charge in [-0.25, -0.2) is 0 Å². The SMILES string of the molecule is COc1ccc(OCCN2CCC(N)C(C)(C)C2)c([N+](=O)[O-])c1.Cl. The van der Waals surface area contributed by atoms with Crippen LogP contribution in [0.4, 0.5) is 5.69 Å². The number of rotatable bonds is 6. The van der Waals surface area contributed by atoms with Crippen molar-refractivity contribution in [2.75, 3.05) is 33.4 Å². The molecule has 0 aliphatic carbocycles. The van der Waals surface area contributed by atoms with E-state index < -0.39 is 4.92 Å². The molecule has 2 rings (SSSR count). The summed E-state index contributed by atoms with van der Waals surface area (Å²) in [5.74, 6) is 0.708. The molecular formula is C16H26ClN3O4. The maximum atomic E-state index is 11.1. The molecule has 24 heavy (non-hydrogen) atoms. The van der Waals surface area contributed by atoms with Crippen LogP contribution in [0.25, 0.3) is 0 Å². The first-order chi connectivity index (χ1) is 10.8. The van der Waals surface area contributed by atoms with Crippen molar-refractivity contribution in [3.8, 4) is 11.5 Å². The van der Waals surface area contributed by atoms with Gasteiger partial charge in [0, 0.05) is 19.1 Å². The summed E-state index contributed by atoms with van der Waals surface area (Å²) >= 11 is 0. The van der Waals surface area contributed by atoms with Crippen molar-refractivity contribution in [1.29, 1.82) is 0 Å². The van der Waals surface area contributed by atoms with E-state index in [4.69, 9.17) is 15.2 Å². The zero-order valence-corrected chi connectivity index (χ0v) is 15.2. The number of methoxy groups -OCH3 is 1. The first kappa shape index (κ1) is 20.5. The Labute approximate surface area is 148 Å². The van der Waals surface area contributed by atoms with E-state index in [1.165, 1.54) is 13.2 Å². The number of benzene rings is 1. The van der Waals surface area contributed by atoms with Crippen molar-refractivity contribution in [3.05, 3.63) is 28.3 Å². The van der Waals surface area contributed by atoms with Crippen molar-refractivity contribution in [2.45, 2.75) is 26.3 Å². The second-order valence-corrected chi connectivity index (χ2v) is 6.60. The van der Waals surface area contributed by atoms with E-state index in [9.17, 15) is 10.1 Å². The number of likely N-dealkylation sites (tertiary alicyclic amines) is 1. The van der Waals surface area contributed by atoms with Gasteiger partial charge >= 0.3 is 5.69 Å². The van der Waals surface area contributed by atoms with Gasteiger partial charge in [0.15, 0.2) is 5.75 Å². The van der Waals surface area contributed by atoms with Crippen molar-refractivity contribution >= 4 is 18.1 Å². The number of nitro groups is 1. The molecule has 1 fully saturated rings. The van der Waals surface area contributed by atoms with Gasteiger partial charge in [-0.1, -0.05) is 13.8 Å². The van der Waals surface area contributed by atoms with E-state index in [1.807, 2.05) is 0 Å². The monoisotopic (exact) mass is 359 g/mol. The van der Waals surface area contributed by atoms with Gasteiger partial charge in [0.05, 0.1) is 18.1 Å². The normalized spacial score (nSPS) is 20.1. The lowest BCUT2D eigenvalue weighted by molar-refractivity contribution is -0.385. The van der Waals surface area contributed by atoms with Gasteiger partial charge in [-0.15, -0.1) is 12.4 Å². The second-order valence-electron chi connectivity index (χ2n) is 6.60. The van der Waals surface area contributed by atoms with Crippen LogP contribution in [0.1, 0.15) is 20.3 Å². The standard InChI is InChI=1S/C16H25N3O4.ClH/c1-16(2)11-18(7-6-15(16)17)8-9-23-14-5-4-12(22-3)10-13(14)19(20)21;/h4-5,10,15H,6-9,11,17H2,1-3H3;1H. The van der Waals surface area contributed by atoms with Gasteiger partial charge in [-0.2, -0.15) is 0 Å². The number of halogens is 1. The van der Waals surface area contributed by atoms with Crippen LogP contribution in [0.2, 0.25) is 0 Å². The topological polar surface area (TPSA) is 90.9 Å². The Bertz CT molecular complexity index is 568. The summed E-state index contributed by atoms with van der Waals surface area (Å²) in [7, 11) is 1.47. The number of ether oxygens (including phenoxy) is 2. The Balaban J connectivity index is 0.00000288. The Kier molecular flexibility index (Phi) is 7.26. The summed E-state index contributed by atoms with van der Waals surface area (Å²) in [5, 5.41) is 11.1. The van der Waals surface area contributed by atoms with Crippen LogP contribution >= 0.6 is 12.4 Å². The number of hydrogen-bond acceptors (Lipinski definition) is 6. The first-order valence-electron chi connectivity index (χ1n) is 7.76. The molecule has 1 atom stereocenters. The fourth-order valence-corrected chi connectivity index (χ4v) is 2.85. The molecule has 1 aromatic carbocycles. The minimum Gasteiger partial charge on any atom is -0.496 e. The molecule has 1 heterocycles. The Hall–Kier alpha value is -1.57. The minimum atomic E-state index is -0.457. The van der Waals surface area contributed by atoms with Crippen molar-refractivity contribution in [2.24, 2.45) is 11.1 Å². The molecule has 0 saturated carbocycles. The Morgan fingerprint density at radius 1 is 1.46 bits per heavy atom. The summed E-state index contributed by atoms with van der Waals surface area (Å²) in [6.45, 7) is 7.29. The van der Waals surface area contributed by atoms with E-state index in [1.54, 1.807) is 12.1 Å². The number of nitrogens with two attached hydrogens (primary N) is 1. The third kappa shape index (κ3) is 4.96. The average molecular weight is 360 g/mol. The lowest BCUT2D eigenvalue weighted by Gasteiger charge is -2.42. The summed E-state index contributed by atoms with van der Waals surface area (Å²) in [6, 6.07) is 4.82. The van der Waals surface area contributed by atoms with Crippen LogP contribution in [-0.4, -0.2) is 49.2 Å². The van der Waals surface area contributed by atoms with Crippen LogP contribution in [0.3, 0.4) is 0 Å². The van der Waals surface area contributed by atoms with Crippen LogP contribution in [0.5, 0.6) is 11.5 Å². The van der Waals surface area contributed by atoms with Crippen LogP contribution < -0.4 is 15.2 Å². The number of nitrogens with zero attached hydrogens (tertiary/aromatic N) is 2. The molecule has 2 N–H and O–H groups in total. The average Bonchev–Trinajstić information content (AvgIpc) is 2.50. The molecule has 0 radical (unpaired) electrons. The van der Waals surface area contributed by atoms with Crippen LogP contribution in [-0.2, 0) is 0 Å². The fraction of sp³-hybridized carbons (Fsp3) is 0.625. The number of nitro benzene ring substituents is 1. The third-order valence-electron chi connectivity index (χ3n) is 4.42. The lowest BCUT2D eigenvalue weighted by atomic mass is 9.80. The maximum absolute atomic E-state index is 11.1. The molecule has 1 unspecified atom stereocenters. The third-order valence-corrected chi connectivity index (χ3v) is 4.42. The van der Waals surface area contributed by atoms with Crippen molar-refractivity contribution < 1.29 is 14.4 Å². The van der Waals surface area contributed by atoms with Gasteiger partial charge in [-0.05, 0) is 30.5 Å². The number of hydrogen-bond donors (Lipinski definition) is 1. The van der Waals surface area contributed by atoms with E-state index in [0.717, 1.165) is 26.1 Å². The molecule has 0 spiro atoms. The van der Waals surface area contributed by atoms with Crippen LogP contribution in [0, 0.1) is 15.5 Å². The smallest absolute Gasteiger partial charge is 0.314 e. The lowest BCUT2D eigenvalue weighted by Crippen LogP contribution is -2.53. The highest BCUT2D eigenvalue weighted by molar-refractivity contribution is 5.85. The van der Waals surface area contributed by atoms with E-state index in [-0.39, 0.29) is 35.3 Å². The van der Waals surface area contributed by atoms with Gasteiger partial charge in [0.2, 0.25) is 0 Å². The maximum Gasteiger partial charge on any atom is 0.314 e. The van der Waals surface area contributed by atoms with Gasteiger partial charge in [-0.3, -0.25) is 15.0 Å². The van der Waals surface area contributed by atoms with E-state index >= 15 is 0 Å². The van der Waals surface area contributed by atoms with E-state index in [2.05, 4.69) is 18.7 Å². The highest BCUT2D eigenvalue weighted by Crippen LogP contribution is 2.31. The Morgan fingerprint density at radius 2 is 2.17 bits per heavy atom. The highest BCUT2D eigenvalue weighted by atomic mass is 35.5. The largest absolute Gasteiger partial charge is 0.496 e. The molecule has 136 valence electrons. The summed E-state index contributed by atoms with van der Waals surface area (Å²) in [4.78, 5) is 13.0. The molecule has 0 aromatic heterocycles. The van der Waals surface area contributed by atoms with Gasteiger partial charge in [0.1, 0.15) is 12.4 Å². The van der Waals surface area contributed by atoms with Crippen molar-refractivity contribution in [3.63, 3.8) is 0 Å². The fourth-order valence-electron chi connectivity index (χ4n) is 2.85. The second kappa shape index (κ2) is 8.50. The zero-order chi connectivity index (χ0) is 17.0. The van der Waals surface area contributed by atoms with E-state index in [0.29, 0.717) is 12.4 Å². The minimum absolute atomic E-state index is 0. The Morgan fingerprint density at radius 3 is 2.75 bits per heavy atom.